The van der Waals surface area contributed by atoms with Crippen molar-refractivity contribution < 1.29 is 9.53 Å². The van der Waals surface area contributed by atoms with E-state index in [1.165, 1.54) is 57.0 Å². The molecule has 3 rings (SSSR count). The molecule has 2 fully saturated rings. The largest absolute Gasteiger partial charge is 0.469 e. The van der Waals surface area contributed by atoms with Gasteiger partial charge in [-0.05, 0) is 56.8 Å². The van der Waals surface area contributed by atoms with Crippen molar-refractivity contribution in [3.05, 3.63) is 35.4 Å². The highest BCUT2D eigenvalue weighted by Crippen LogP contribution is 2.19. The maximum absolute atomic E-state index is 11.8. The highest BCUT2D eigenvalue weighted by Gasteiger charge is 2.26. The molecule has 2 aliphatic rings. The third-order valence-electron chi connectivity index (χ3n) is 6.17. The van der Waals surface area contributed by atoms with Crippen molar-refractivity contribution in [2.45, 2.75) is 58.5 Å². The van der Waals surface area contributed by atoms with Crippen molar-refractivity contribution in [3.8, 4) is 0 Å². The Bertz CT molecular complexity index is 690. The van der Waals surface area contributed by atoms with Crippen LogP contribution < -0.4 is 5.32 Å². The van der Waals surface area contributed by atoms with Gasteiger partial charge < -0.3 is 15.0 Å². The number of hydrogen-bond donors (Lipinski definition) is 1. The lowest BCUT2D eigenvalue weighted by atomic mass is 9.97. The molecule has 1 aromatic carbocycles. The Morgan fingerprint density at radius 2 is 1.80 bits per heavy atom. The number of ether oxygens (including phenoxy) is 1. The Morgan fingerprint density at radius 1 is 1.10 bits per heavy atom. The minimum absolute atomic E-state index is 0.0183. The Hall–Kier alpha value is -2.08. The zero-order valence-corrected chi connectivity index (χ0v) is 18.7. The van der Waals surface area contributed by atoms with Crippen LogP contribution in [-0.4, -0.2) is 61.6 Å². The summed E-state index contributed by atoms with van der Waals surface area (Å²) in [6.07, 6.45) is 7.03. The first-order valence-corrected chi connectivity index (χ1v) is 11.6. The number of nitrogens with zero attached hydrogens (tertiary/aromatic N) is 3. The van der Waals surface area contributed by atoms with Crippen LogP contribution >= 0.6 is 0 Å². The van der Waals surface area contributed by atoms with Crippen LogP contribution in [0.4, 0.5) is 0 Å². The summed E-state index contributed by atoms with van der Waals surface area (Å²) in [6, 6.07) is 8.87. The normalized spacial score (nSPS) is 19.4. The number of piperidine rings is 1. The molecule has 0 saturated carbocycles. The highest BCUT2D eigenvalue weighted by atomic mass is 16.5. The average Bonchev–Trinajstić information content (AvgIpc) is 3.05. The third-order valence-corrected chi connectivity index (χ3v) is 6.17. The maximum Gasteiger partial charge on any atom is 0.308 e. The Balaban J connectivity index is 1.58. The van der Waals surface area contributed by atoms with Gasteiger partial charge in [-0.2, -0.15) is 0 Å². The van der Waals surface area contributed by atoms with Crippen LogP contribution in [0.25, 0.3) is 0 Å². The molecule has 0 radical (unpaired) electrons. The standard InChI is InChI=1S/C24H38N4O2/c1-3-25-24(28-15-11-22(12-16-28)23(29)30-2)26-18-20-9-8-10-21(17-20)19-27-13-6-4-5-7-14-27/h8-10,17,22H,3-7,11-16,18-19H2,1-2H3,(H,25,26). The monoisotopic (exact) mass is 414 g/mol. The van der Waals surface area contributed by atoms with E-state index in [1.54, 1.807) is 0 Å². The van der Waals surface area contributed by atoms with E-state index in [1.807, 2.05) is 0 Å². The lowest BCUT2D eigenvalue weighted by Gasteiger charge is -2.33. The van der Waals surface area contributed by atoms with Crippen LogP contribution in [-0.2, 0) is 22.6 Å². The van der Waals surface area contributed by atoms with Gasteiger partial charge in [0, 0.05) is 26.2 Å². The van der Waals surface area contributed by atoms with E-state index in [2.05, 4.69) is 46.3 Å². The van der Waals surface area contributed by atoms with Crippen LogP contribution in [0.3, 0.4) is 0 Å². The summed E-state index contributed by atoms with van der Waals surface area (Å²) < 4.78 is 4.90. The van der Waals surface area contributed by atoms with Gasteiger partial charge in [0.25, 0.3) is 0 Å². The van der Waals surface area contributed by atoms with Gasteiger partial charge in [0.05, 0.1) is 19.6 Å². The molecule has 0 spiro atoms. The van der Waals surface area contributed by atoms with E-state index in [4.69, 9.17) is 9.73 Å². The molecule has 2 heterocycles. The lowest BCUT2D eigenvalue weighted by molar-refractivity contribution is -0.146. The smallest absolute Gasteiger partial charge is 0.308 e. The summed E-state index contributed by atoms with van der Waals surface area (Å²) in [7, 11) is 1.47. The second kappa shape index (κ2) is 11.9. The van der Waals surface area contributed by atoms with Crippen molar-refractivity contribution in [1.82, 2.24) is 15.1 Å². The summed E-state index contributed by atoms with van der Waals surface area (Å²) in [5.41, 5.74) is 2.63. The fourth-order valence-corrected chi connectivity index (χ4v) is 4.46. The molecule has 1 aromatic rings. The Labute approximate surface area is 181 Å². The van der Waals surface area contributed by atoms with Gasteiger partial charge in [-0.15, -0.1) is 0 Å². The molecule has 0 bridgehead atoms. The zero-order chi connectivity index (χ0) is 21.2. The van der Waals surface area contributed by atoms with Gasteiger partial charge in [0.1, 0.15) is 0 Å². The van der Waals surface area contributed by atoms with E-state index in [-0.39, 0.29) is 11.9 Å². The van der Waals surface area contributed by atoms with Crippen molar-refractivity contribution in [3.63, 3.8) is 0 Å². The summed E-state index contributed by atoms with van der Waals surface area (Å²) in [6.45, 7) is 8.75. The molecular weight excluding hydrogens is 376 g/mol. The predicted octanol–water partition coefficient (Wildman–Crippen LogP) is 3.41. The van der Waals surface area contributed by atoms with E-state index in [0.29, 0.717) is 6.54 Å². The van der Waals surface area contributed by atoms with Crippen LogP contribution in [0.1, 0.15) is 56.6 Å². The van der Waals surface area contributed by atoms with Crippen LogP contribution in [0.2, 0.25) is 0 Å². The lowest BCUT2D eigenvalue weighted by Crippen LogP contribution is -2.46. The van der Waals surface area contributed by atoms with Crippen molar-refractivity contribution >= 4 is 11.9 Å². The Morgan fingerprint density at radius 3 is 2.47 bits per heavy atom. The van der Waals surface area contributed by atoms with Crippen molar-refractivity contribution in [1.29, 1.82) is 0 Å². The highest BCUT2D eigenvalue weighted by molar-refractivity contribution is 5.80. The number of esters is 1. The number of aliphatic imine (C=N–C) groups is 1. The molecule has 166 valence electrons. The molecule has 0 unspecified atom stereocenters. The summed E-state index contributed by atoms with van der Waals surface area (Å²) in [4.78, 5) is 21.5. The number of hydrogen-bond acceptors (Lipinski definition) is 4. The van der Waals surface area contributed by atoms with Gasteiger partial charge in [0.15, 0.2) is 5.96 Å². The minimum Gasteiger partial charge on any atom is -0.469 e. The second-order valence-corrected chi connectivity index (χ2v) is 8.46. The van der Waals surface area contributed by atoms with Crippen LogP contribution in [0.15, 0.2) is 29.3 Å². The molecule has 2 saturated heterocycles. The fraction of sp³-hybridized carbons (Fsp3) is 0.667. The average molecular weight is 415 g/mol. The number of carbonyl (C=O) groups excluding carboxylic acids is 1. The molecule has 2 aliphatic heterocycles. The summed E-state index contributed by atoms with van der Waals surface area (Å²) >= 11 is 0. The molecule has 0 atom stereocenters. The number of methoxy groups -OCH3 is 1. The molecule has 0 aromatic heterocycles. The minimum atomic E-state index is -0.0854. The topological polar surface area (TPSA) is 57.2 Å². The number of nitrogens with one attached hydrogen (secondary N) is 1. The second-order valence-electron chi connectivity index (χ2n) is 8.46. The predicted molar refractivity (Wildman–Crippen MR) is 121 cm³/mol. The molecule has 6 heteroatoms. The van der Waals surface area contributed by atoms with Gasteiger partial charge >= 0.3 is 5.97 Å². The van der Waals surface area contributed by atoms with Gasteiger partial charge in [-0.1, -0.05) is 37.1 Å². The van der Waals surface area contributed by atoms with Gasteiger partial charge in [-0.3, -0.25) is 9.69 Å². The van der Waals surface area contributed by atoms with Gasteiger partial charge in [-0.25, -0.2) is 4.99 Å². The SMILES string of the molecule is CCNC(=NCc1cccc(CN2CCCCCC2)c1)N1CCC(C(=O)OC)CC1. The first-order chi connectivity index (χ1) is 14.7. The molecule has 0 amide bonds. The van der Waals surface area contributed by atoms with Crippen LogP contribution in [0.5, 0.6) is 0 Å². The first kappa shape index (κ1) is 22.6. The van der Waals surface area contributed by atoms with Crippen LogP contribution in [0, 0.1) is 5.92 Å². The fourth-order valence-electron chi connectivity index (χ4n) is 4.46. The summed E-state index contributed by atoms with van der Waals surface area (Å²) in [5.74, 6) is 0.876. The zero-order valence-electron chi connectivity index (χ0n) is 18.7. The number of carbonyl (C=O) groups is 1. The summed E-state index contributed by atoms with van der Waals surface area (Å²) in [5, 5.41) is 3.42. The number of guanidine groups is 1. The molecular formula is C24H38N4O2. The maximum atomic E-state index is 11.8. The first-order valence-electron chi connectivity index (χ1n) is 11.6. The van der Waals surface area contributed by atoms with E-state index in [0.717, 1.165) is 45.0 Å². The number of rotatable bonds is 6. The van der Waals surface area contributed by atoms with E-state index >= 15 is 0 Å². The molecule has 30 heavy (non-hydrogen) atoms. The molecule has 6 nitrogen and oxygen atoms in total. The Kier molecular flexibility index (Phi) is 9.00. The van der Waals surface area contributed by atoms with Gasteiger partial charge in [0.2, 0.25) is 0 Å². The number of benzene rings is 1. The third kappa shape index (κ3) is 6.73. The van der Waals surface area contributed by atoms with E-state index in [9.17, 15) is 4.79 Å². The van der Waals surface area contributed by atoms with Crippen molar-refractivity contribution in [2.24, 2.45) is 10.9 Å². The molecule has 0 aliphatic carbocycles. The molecule has 1 N–H and O–H groups in total. The van der Waals surface area contributed by atoms with E-state index < -0.39 is 0 Å². The van der Waals surface area contributed by atoms with Crippen molar-refractivity contribution in [2.75, 3.05) is 39.8 Å². The number of likely N-dealkylation sites (tertiary alicyclic amines) is 2. The quantitative estimate of drug-likeness (QED) is 0.439.